The largest absolute Gasteiger partial charge is 0.448 e. The van der Waals surface area contributed by atoms with E-state index in [1.165, 1.54) is 6.39 Å². The van der Waals surface area contributed by atoms with Gasteiger partial charge in [0.25, 0.3) is 5.91 Å². The van der Waals surface area contributed by atoms with Crippen molar-refractivity contribution in [2.45, 2.75) is 32.6 Å². The molecule has 1 atom stereocenters. The van der Waals surface area contributed by atoms with Gasteiger partial charge in [0.1, 0.15) is 5.76 Å². The molecule has 1 fully saturated rings. The Balaban J connectivity index is 1.72. The number of nitrogens with zero attached hydrogens (tertiary/aromatic N) is 4. The van der Waals surface area contributed by atoms with Crippen LogP contribution in [0.4, 0.5) is 0 Å². The molecule has 1 amide bonds. The fourth-order valence-corrected chi connectivity index (χ4v) is 2.47. The predicted octanol–water partition coefficient (Wildman–Crippen LogP) is 1.56. The number of hydrogen-bond donors (Lipinski definition) is 0. The third kappa shape index (κ3) is 2.19. The summed E-state index contributed by atoms with van der Waals surface area (Å²) in [5.74, 6) is 1.88. The molecule has 0 saturated carbocycles. The summed E-state index contributed by atoms with van der Waals surface area (Å²) in [5, 5.41) is 3.79. The lowest BCUT2D eigenvalue weighted by Crippen LogP contribution is -2.29. The maximum absolute atomic E-state index is 12.4. The van der Waals surface area contributed by atoms with Crippen molar-refractivity contribution in [3.8, 4) is 0 Å². The lowest BCUT2D eigenvalue weighted by atomic mass is 10.1. The van der Waals surface area contributed by atoms with Crippen molar-refractivity contribution >= 4 is 5.91 Å². The number of likely N-dealkylation sites (tertiary alicyclic amines) is 1. The smallest absolute Gasteiger partial charge is 0.276 e. The molecule has 0 unspecified atom stereocenters. The van der Waals surface area contributed by atoms with Gasteiger partial charge in [-0.1, -0.05) is 12.1 Å². The highest BCUT2D eigenvalue weighted by Crippen LogP contribution is 2.27. The number of aromatic nitrogens is 3. The summed E-state index contributed by atoms with van der Waals surface area (Å²) in [5.41, 5.74) is 0.412. The number of rotatable bonds is 3. The lowest BCUT2D eigenvalue weighted by Gasteiger charge is -2.14. The van der Waals surface area contributed by atoms with Crippen molar-refractivity contribution < 1.29 is 13.7 Å². The second-order valence-corrected chi connectivity index (χ2v) is 4.89. The van der Waals surface area contributed by atoms with Crippen molar-refractivity contribution in [2.75, 3.05) is 13.1 Å². The van der Waals surface area contributed by atoms with Crippen LogP contribution in [0, 0.1) is 6.92 Å². The second-order valence-electron chi connectivity index (χ2n) is 4.89. The van der Waals surface area contributed by atoms with Gasteiger partial charge in [-0.3, -0.25) is 4.79 Å². The van der Waals surface area contributed by atoms with Gasteiger partial charge in [0.15, 0.2) is 17.9 Å². The van der Waals surface area contributed by atoms with E-state index in [9.17, 15) is 4.79 Å². The third-order valence-electron chi connectivity index (χ3n) is 3.53. The summed E-state index contributed by atoms with van der Waals surface area (Å²) >= 11 is 0. The fourth-order valence-electron chi connectivity index (χ4n) is 2.47. The number of amides is 1. The number of hydrogen-bond acceptors (Lipinski definition) is 6. The molecule has 0 aliphatic carbocycles. The molecular formula is C13H16N4O3. The van der Waals surface area contributed by atoms with E-state index >= 15 is 0 Å². The first-order valence-electron chi connectivity index (χ1n) is 6.71. The number of carbonyl (C=O) groups is 1. The third-order valence-corrected chi connectivity index (χ3v) is 3.53. The Morgan fingerprint density at radius 3 is 3.10 bits per heavy atom. The molecule has 3 rings (SSSR count). The van der Waals surface area contributed by atoms with Crippen LogP contribution in [0.5, 0.6) is 0 Å². The summed E-state index contributed by atoms with van der Waals surface area (Å²) in [6, 6.07) is 0. The van der Waals surface area contributed by atoms with Crippen molar-refractivity contribution in [1.82, 2.24) is 20.0 Å². The monoisotopic (exact) mass is 276 g/mol. The van der Waals surface area contributed by atoms with Gasteiger partial charge >= 0.3 is 0 Å². The Labute approximate surface area is 116 Å². The molecule has 1 aliphatic heterocycles. The summed E-state index contributed by atoms with van der Waals surface area (Å²) in [7, 11) is 0. The Bertz CT molecular complexity index is 619. The van der Waals surface area contributed by atoms with E-state index < -0.39 is 0 Å². The van der Waals surface area contributed by atoms with Crippen LogP contribution in [0.2, 0.25) is 0 Å². The molecule has 20 heavy (non-hydrogen) atoms. The molecule has 2 aromatic heterocycles. The zero-order valence-corrected chi connectivity index (χ0v) is 11.5. The zero-order valence-electron chi connectivity index (χ0n) is 11.5. The van der Waals surface area contributed by atoms with E-state index in [4.69, 9.17) is 8.94 Å². The molecule has 1 saturated heterocycles. The van der Waals surface area contributed by atoms with Gasteiger partial charge in [-0.05, 0) is 13.3 Å². The van der Waals surface area contributed by atoms with E-state index in [0.29, 0.717) is 42.7 Å². The number of aryl methyl sites for hydroxylation is 2. The highest BCUT2D eigenvalue weighted by Gasteiger charge is 2.33. The molecule has 0 aromatic carbocycles. The van der Waals surface area contributed by atoms with Crippen molar-refractivity contribution in [3.63, 3.8) is 0 Å². The lowest BCUT2D eigenvalue weighted by molar-refractivity contribution is 0.0782. The van der Waals surface area contributed by atoms with Crippen LogP contribution >= 0.6 is 0 Å². The zero-order chi connectivity index (χ0) is 14.1. The first kappa shape index (κ1) is 12.8. The van der Waals surface area contributed by atoms with E-state index in [-0.39, 0.29) is 11.8 Å². The quantitative estimate of drug-likeness (QED) is 0.845. The fraction of sp³-hybridized carbons (Fsp3) is 0.538. The number of carbonyl (C=O) groups excluding carboxylic acids is 1. The minimum absolute atomic E-state index is 0.0886. The maximum atomic E-state index is 12.4. The maximum Gasteiger partial charge on any atom is 0.276 e. The van der Waals surface area contributed by atoms with Crippen LogP contribution in [-0.4, -0.2) is 39.0 Å². The van der Waals surface area contributed by atoms with Gasteiger partial charge in [0.2, 0.25) is 5.89 Å². The Morgan fingerprint density at radius 2 is 2.40 bits per heavy atom. The van der Waals surface area contributed by atoms with E-state index in [1.807, 2.05) is 6.92 Å². The Kier molecular flexibility index (Phi) is 3.25. The van der Waals surface area contributed by atoms with Crippen LogP contribution < -0.4 is 0 Å². The standard InChI is InChI=1S/C13H16N4O3/c1-3-10-11(14-7-19-10)13(18)17-5-4-9(6-17)12-15-8(2)16-20-12/h7,9H,3-6H2,1-2H3/t9-/m0/s1. The molecule has 106 valence electrons. The van der Waals surface area contributed by atoms with E-state index in [1.54, 1.807) is 11.8 Å². The highest BCUT2D eigenvalue weighted by molar-refractivity contribution is 5.93. The first-order valence-corrected chi connectivity index (χ1v) is 6.71. The van der Waals surface area contributed by atoms with Crippen LogP contribution in [0.1, 0.15) is 47.2 Å². The summed E-state index contributed by atoms with van der Waals surface area (Å²) < 4.78 is 10.4. The molecule has 7 heteroatoms. The Morgan fingerprint density at radius 1 is 1.55 bits per heavy atom. The van der Waals surface area contributed by atoms with Crippen LogP contribution in [0.25, 0.3) is 0 Å². The van der Waals surface area contributed by atoms with Gasteiger partial charge in [-0.25, -0.2) is 4.98 Å². The van der Waals surface area contributed by atoms with Crippen molar-refractivity contribution in [3.05, 3.63) is 29.6 Å². The van der Waals surface area contributed by atoms with Crippen LogP contribution in [0.15, 0.2) is 15.3 Å². The summed E-state index contributed by atoms with van der Waals surface area (Å²) in [6.07, 6.45) is 2.80. The molecule has 0 spiro atoms. The molecule has 2 aromatic rings. The van der Waals surface area contributed by atoms with Gasteiger partial charge in [-0.15, -0.1) is 0 Å². The SMILES string of the molecule is CCc1ocnc1C(=O)N1CC[C@H](c2nc(C)no2)C1. The second kappa shape index (κ2) is 5.07. The molecule has 0 bridgehead atoms. The van der Waals surface area contributed by atoms with E-state index in [0.717, 1.165) is 6.42 Å². The molecule has 3 heterocycles. The Hall–Kier alpha value is -2.18. The topological polar surface area (TPSA) is 85.3 Å². The average Bonchev–Trinajstić information content (AvgIpc) is 3.17. The summed E-state index contributed by atoms with van der Waals surface area (Å²) in [6.45, 7) is 4.97. The molecular weight excluding hydrogens is 260 g/mol. The van der Waals surface area contributed by atoms with Gasteiger partial charge in [0.05, 0.1) is 5.92 Å². The number of oxazole rings is 1. The minimum atomic E-state index is -0.0886. The van der Waals surface area contributed by atoms with Gasteiger partial charge < -0.3 is 13.8 Å². The summed E-state index contributed by atoms with van der Waals surface area (Å²) in [4.78, 5) is 22.4. The molecule has 0 radical (unpaired) electrons. The van der Waals surface area contributed by atoms with Gasteiger partial charge in [-0.2, -0.15) is 4.98 Å². The predicted molar refractivity (Wildman–Crippen MR) is 68.2 cm³/mol. The normalized spacial score (nSPS) is 18.7. The van der Waals surface area contributed by atoms with Crippen LogP contribution in [-0.2, 0) is 6.42 Å². The molecule has 7 nitrogen and oxygen atoms in total. The average molecular weight is 276 g/mol. The molecule has 1 aliphatic rings. The van der Waals surface area contributed by atoms with E-state index in [2.05, 4.69) is 15.1 Å². The van der Waals surface area contributed by atoms with Crippen LogP contribution in [0.3, 0.4) is 0 Å². The van der Waals surface area contributed by atoms with Crippen molar-refractivity contribution in [1.29, 1.82) is 0 Å². The molecule has 0 N–H and O–H groups in total. The highest BCUT2D eigenvalue weighted by atomic mass is 16.5. The van der Waals surface area contributed by atoms with Gasteiger partial charge in [0, 0.05) is 19.5 Å². The first-order chi connectivity index (χ1) is 9.69. The minimum Gasteiger partial charge on any atom is -0.448 e. The van der Waals surface area contributed by atoms with Crippen molar-refractivity contribution in [2.24, 2.45) is 0 Å².